The second kappa shape index (κ2) is 9.54. The lowest BCUT2D eigenvalue weighted by Crippen LogP contribution is -2.66. The lowest BCUT2D eigenvalue weighted by molar-refractivity contribution is -0.140. The van der Waals surface area contributed by atoms with Crippen LogP contribution in [0.1, 0.15) is 28.8 Å². The van der Waals surface area contributed by atoms with Gasteiger partial charge >= 0.3 is 0 Å². The monoisotopic (exact) mass is 556 g/mol. The van der Waals surface area contributed by atoms with Gasteiger partial charge in [-0.15, -0.1) is 0 Å². The molecule has 1 aliphatic heterocycles. The summed E-state index contributed by atoms with van der Waals surface area (Å²) >= 11 is 0. The Hall–Kier alpha value is -4.07. The number of fused-ring (bicyclic) bond motifs is 3. The van der Waals surface area contributed by atoms with E-state index in [2.05, 4.69) is 5.32 Å². The van der Waals surface area contributed by atoms with Crippen molar-refractivity contribution in [1.82, 2.24) is 9.80 Å². The van der Waals surface area contributed by atoms with Crippen LogP contribution in [0.4, 0.5) is 10.1 Å². The van der Waals surface area contributed by atoms with E-state index in [0.29, 0.717) is 0 Å². The van der Waals surface area contributed by atoms with E-state index in [1.807, 2.05) is 4.90 Å². The molecule has 2 amide bonds. The Morgan fingerprint density at radius 3 is 2.38 bits per heavy atom. The van der Waals surface area contributed by atoms with Crippen LogP contribution in [-0.4, -0.2) is 99.0 Å². The first-order valence-corrected chi connectivity index (χ1v) is 12.7. The highest BCUT2D eigenvalue weighted by Gasteiger charge is 2.63. The highest BCUT2D eigenvalue weighted by Crippen LogP contribution is 2.50. The Bertz CT molecular complexity index is 1530. The molecule has 1 heterocycles. The molecule has 0 spiro atoms. The van der Waals surface area contributed by atoms with Gasteiger partial charge in [0.2, 0.25) is 17.5 Å². The number of nitrogens with one attached hydrogen (secondary N) is 1. The fourth-order valence-electron chi connectivity index (χ4n) is 6.25. The number of nitrogens with zero attached hydrogens (tertiary/aromatic N) is 2. The minimum absolute atomic E-state index is 0.0138. The molecular weight excluding hydrogens is 527 g/mol. The number of rotatable bonds is 5. The lowest BCUT2D eigenvalue weighted by Gasteiger charge is -2.47. The number of halogens is 1. The van der Waals surface area contributed by atoms with E-state index in [9.17, 15) is 39.6 Å². The van der Waals surface area contributed by atoms with E-state index in [1.165, 1.54) is 25.1 Å². The number of aromatic hydroxyl groups is 2. The number of Topliss-reactive ketones (excluding diaryl/α,β-unsaturated/α-hetero) is 2. The number of nitrogens with two attached hydrogens (primary N) is 1. The van der Waals surface area contributed by atoms with Gasteiger partial charge < -0.3 is 31.5 Å². The zero-order chi connectivity index (χ0) is 29.3. The summed E-state index contributed by atoms with van der Waals surface area (Å²) in [6, 6.07) is 0.896. The third-order valence-electron chi connectivity index (χ3n) is 8.09. The van der Waals surface area contributed by atoms with Crippen LogP contribution in [-0.2, 0) is 20.8 Å². The summed E-state index contributed by atoms with van der Waals surface area (Å²) < 4.78 is 15.3. The average Bonchev–Trinajstić information content (AvgIpc) is 3.37. The quantitative estimate of drug-likeness (QED) is 0.170. The molecule has 212 valence electrons. The predicted octanol–water partition coefficient (Wildman–Crippen LogP) is 0.321. The van der Waals surface area contributed by atoms with E-state index in [1.54, 1.807) is 0 Å². The van der Waals surface area contributed by atoms with Gasteiger partial charge in [0, 0.05) is 17.4 Å². The molecule has 2 aromatic rings. The van der Waals surface area contributed by atoms with Gasteiger partial charge in [-0.3, -0.25) is 29.0 Å². The first-order chi connectivity index (χ1) is 18.8. The second-order valence-corrected chi connectivity index (χ2v) is 10.7. The molecular formula is C27H29FN4O8. The number of likely N-dealkylation sites (N-methyl/N-ethyl adjacent to an activating group) is 1. The number of likely N-dealkylation sites (tertiary alicyclic amines) is 1. The highest BCUT2D eigenvalue weighted by atomic mass is 19.1. The van der Waals surface area contributed by atoms with Gasteiger partial charge in [0.25, 0.3) is 5.91 Å². The van der Waals surface area contributed by atoms with Crippen LogP contribution in [0.2, 0.25) is 0 Å². The average molecular weight is 557 g/mol. The van der Waals surface area contributed by atoms with Crippen molar-refractivity contribution < 1.29 is 44.0 Å². The maximum Gasteiger partial charge on any atom is 0.255 e. The van der Waals surface area contributed by atoms with Crippen molar-refractivity contribution in [2.45, 2.75) is 30.9 Å². The molecule has 7 N–H and O–H groups in total. The summed E-state index contributed by atoms with van der Waals surface area (Å²) in [6.45, 7) is 1.46. The maximum absolute atomic E-state index is 15.3. The molecule has 3 atom stereocenters. The third-order valence-corrected chi connectivity index (χ3v) is 8.09. The predicted molar refractivity (Wildman–Crippen MR) is 139 cm³/mol. The van der Waals surface area contributed by atoms with Crippen LogP contribution in [0.15, 0.2) is 23.5 Å². The fraction of sp³-hybridized carbons (Fsp3) is 0.407. The van der Waals surface area contributed by atoms with Crippen molar-refractivity contribution in [1.29, 1.82) is 0 Å². The summed E-state index contributed by atoms with van der Waals surface area (Å²) in [7, 11) is 2.98. The molecule has 2 aliphatic carbocycles. The van der Waals surface area contributed by atoms with Crippen LogP contribution in [0.3, 0.4) is 0 Å². The summed E-state index contributed by atoms with van der Waals surface area (Å²) in [4.78, 5) is 54.9. The highest BCUT2D eigenvalue weighted by molar-refractivity contribution is 6.33. The van der Waals surface area contributed by atoms with Crippen LogP contribution >= 0.6 is 0 Å². The molecule has 2 aromatic carbocycles. The smallest absolute Gasteiger partial charge is 0.255 e. The number of hydrogen-bond donors (Lipinski definition) is 6. The zero-order valence-electron chi connectivity index (χ0n) is 21.8. The van der Waals surface area contributed by atoms with Crippen LogP contribution in [0.5, 0.6) is 11.5 Å². The van der Waals surface area contributed by atoms with Crippen molar-refractivity contribution in [3.63, 3.8) is 0 Å². The van der Waals surface area contributed by atoms with Gasteiger partial charge in [-0.2, -0.15) is 0 Å². The van der Waals surface area contributed by atoms with E-state index >= 15 is 4.39 Å². The minimum atomic E-state index is -2.90. The number of aliphatic hydroxyl groups is 2. The molecule has 5 rings (SSSR count). The number of carbonyl (C=O) groups is 4. The lowest BCUT2D eigenvalue weighted by atomic mass is 9.61. The SMILES string of the molecule is CN(C)C1C(O)=C(C(N)=O)C(=O)[C@@]2(O)C(=O)c3c(cc4c(F)cc(NC(=O)CN5CCCC5)c(O)c4c3O)C[C@@H]12. The van der Waals surface area contributed by atoms with Gasteiger partial charge in [-0.25, -0.2) is 4.39 Å². The Balaban J connectivity index is 1.64. The van der Waals surface area contributed by atoms with Crippen molar-refractivity contribution in [3.05, 3.63) is 40.4 Å². The zero-order valence-corrected chi connectivity index (χ0v) is 21.8. The molecule has 0 radical (unpaired) electrons. The summed E-state index contributed by atoms with van der Waals surface area (Å²) in [5, 5.41) is 46.1. The number of carbonyl (C=O) groups excluding carboxylic acids is 4. The van der Waals surface area contributed by atoms with Crippen molar-refractivity contribution in [2.24, 2.45) is 11.7 Å². The normalized spacial score (nSPS) is 24.9. The number of ketones is 2. The Kier molecular flexibility index (Phi) is 6.56. The van der Waals surface area contributed by atoms with Crippen LogP contribution < -0.4 is 11.1 Å². The van der Waals surface area contributed by atoms with E-state index in [-0.39, 0.29) is 29.6 Å². The number of anilines is 1. The Labute approximate surface area is 227 Å². The van der Waals surface area contributed by atoms with E-state index in [4.69, 9.17) is 5.73 Å². The van der Waals surface area contributed by atoms with Crippen molar-refractivity contribution in [2.75, 3.05) is 39.0 Å². The Morgan fingerprint density at radius 2 is 1.77 bits per heavy atom. The topological polar surface area (TPSA) is 194 Å². The van der Waals surface area contributed by atoms with Gasteiger partial charge in [-0.1, -0.05) is 0 Å². The summed E-state index contributed by atoms with van der Waals surface area (Å²) in [5.41, 5.74) is 0.607. The molecule has 0 bridgehead atoms. The van der Waals surface area contributed by atoms with Crippen molar-refractivity contribution in [3.8, 4) is 11.5 Å². The molecule has 1 unspecified atom stereocenters. The van der Waals surface area contributed by atoms with E-state index < -0.39 is 80.5 Å². The van der Waals surface area contributed by atoms with Crippen LogP contribution in [0, 0.1) is 11.7 Å². The molecule has 1 saturated heterocycles. The molecule has 0 aromatic heterocycles. The molecule has 1 fully saturated rings. The molecule has 3 aliphatic rings. The fourth-order valence-corrected chi connectivity index (χ4v) is 6.25. The van der Waals surface area contributed by atoms with Crippen LogP contribution in [0.25, 0.3) is 10.8 Å². The molecule has 0 saturated carbocycles. The Morgan fingerprint density at radius 1 is 1.12 bits per heavy atom. The van der Waals surface area contributed by atoms with Gasteiger partial charge in [0.15, 0.2) is 11.4 Å². The van der Waals surface area contributed by atoms with Gasteiger partial charge in [-0.05, 0) is 58.1 Å². The number of phenolic OH excluding ortho intramolecular Hbond substituents is 2. The van der Waals surface area contributed by atoms with Gasteiger partial charge in [0.05, 0.1) is 29.2 Å². The number of amides is 2. The second-order valence-electron chi connectivity index (χ2n) is 10.7. The number of hydrogen-bond acceptors (Lipinski definition) is 10. The van der Waals surface area contributed by atoms with E-state index in [0.717, 1.165) is 32.0 Å². The first-order valence-electron chi connectivity index (χ1n) is 12.7. The third kappa shape index (κ3) is 3.92. The number of aliphatic hydroxyl groups excluding tert-OH is 1. The largest absolute Gasteiger partial charge is 0.510 e. The number of benzene rings is 2. The summed E-state index contributed by atoms with van der Waals surface area (Å²) in [5.74, 6) is -9.18. The number of primary amides is 1. The summed E-state index contributed by atoms with van der Waals surface area (Å²) in [6.07, 6.45) is 1.59. The minimum Gasteiger partial charge on any atom is -0.510 e. The first kappa shape index (κ1) is 27.5. The molecule has 13 heteroatoms. The molecule has 40 heavy (non-hydrogen) atoms. The number of phenols is 2. The molecule has 12 nitrogen and oxygen atoms in total. The van der Waals surface area contributed by atoms with Gasteiger partial charge in [0.1, 0.15) is 22.9 Å². The standard InChI is InChI=1S/C27H29FN4O8/c1-31(2)20-13-8-11-7-12-14(28)9-15(30-16(33)10-32-5-3-4-6-32)21(34)18(12)22(35)17(11)24(37)27(13,40)25(38)19(23(20)36)26(29)39/h7,9,13,20,34-36,40H,3-6,8,10H2,1-2H3,(H2,29,39)(H,30,33)/t13-,20?,27-/m0/s1. The maximum atomic E-state index is 15.3. The van der Waals surface area contributed by atoms with Crippen molar-refractivity contribution >= 4 is 39.8 Å².